The van der Waals surface area contributed by atoms with Gasteiger partial charge in [-0.3, -0.25) is 0 Å². The Balaban J connectivity index is 1.84. The molecule has 0 aromatic carbocycles. The van der Waals surface area contributed by atoms with Crippen molar-refractivity contribution in [2.45, 2.75) is 25.8 Å². The number of hydrogen-bond acceptors (Lipinski definition) is 3. The van der Waals surface area contributed by atoms with Crippen molar-refractivity contribution < 1.29 is 0 Å². The first-order valence-corrected chi connectivity index (χ1v) is 6.84. The number of pyridine rings is 1. The fourth-order valence-corrected chi connectivity index (χ4v) is 2.48. The van der Waals surface area contributed by atoms with Gasteiger partial charge in [-0.2, -0.15) is 9.78 Å². The van der Waals surface area contributed by atoms with Gasteiger partial charge in [-0.1, -0.05) is 6.07 Å². The van der Waals surface area contributed by atoms with Crippen molar-refractivity contribution in [2.24, 2.45) is 0 Å². The molecule has 1 fully saturated rings. The summed E-state index contributed by atoms with van der Waals surface area (Å²) in [6, 6.07) is 10.7. The van der Waals surface area contributed by atoms with Gasteiger partial charge in [-0.05, 0) is 44.0 Å². The first-order valence-electron chi connectivity index (χ1n) is 6.84. The van der Waals surface area contributed by atoms with E-state index in [0.29, 0.717) is 6.04 Å². The van der Waals surface area contributed by atoms with E-state index in [1.807, 2.05) is 25.1 Å². The smallest absolute Gasteiger partial charge is 0.181 e. The molecule has 3 aromatic rings. The monoisotopic (exact) mass is 265 g/mol. The molecule has 1 aliphatic carbocycles. The van der Waals surface area contributed by atoms with Crippen LogP contribution < -0.4 is 0 Å². The fraction of sp³-hybridized carbons (Fsp3) is 0.267. The third kappa shape index (κ3) is 1.82. The van der Waals surface area contributed by atoms with E-state index >= 15 is 0 Å². The highest BCUT2D eigenvalue weighted by Gasteiger charge is 2.26. The van der Waals surface area contributed by atoms with Crippen molar-refractivity contribution in [1.82, 2.24) is 24.3 Å². The Morgan fingerprint density at radius 1 is 1.15 bits per heavy atom. The zero-order chi connectivity index (χ0) is 13.5. The van der Waals surface area contributed by atoms with Crippen LogP contribution in [0.3, 0.4) is 0 Å². The molecule has 3 heterocycles. The Morgan fingerprint density at radius 3 is 2.85 bits per heavy atom. The van der Waals surface area contributed by atoms with Crippen LogP contribution >= 0.6 is 0 Å². The normalized spacial score (nSPS) is 14.7. The summed E-state index contributed by atoms with van der Waals surface area (Å²) in [5.41, 5.74) is 2.08. The maximum atomic E-state index is 4.53. The molecule has 1 aliphatic rings. The first kappa shape index (κ1) is 11.4. The van der Waals surface area contributed by atoms with Crippen LogP contribution in [-0.4, -0.2) is 24.3 Å². The van der Waals surface area contributed by atoms with Gasteiger partial charge in [-0.15, -0.1) is 0 Å². The number of nitrogens with zero attached hydrogens (tertiary/aromatic N) is 5. The lowest BCUT2D eigenvalue weighted by Gasteiger charge is -2.09. The summed E-state index contributed by atoms with van der Waals surface area (Å²) in [7, 11) is 0. The lowest BCUT2D eigenvalue weighted by molar-refractivity contribution is 0.742. The van der Waals surface area contributed by atoms with Crippen molar-refractivity contribution in [1.29, 1.82) is 0 Å². The molecule has 0 unspecified atom stereocenters. The molecule has 1 saturated carbocycles. The van der Waals surface area contributed by atoms with E-state index in [4.69, 9.17) is 0 Å². The number of aromatic nitrogens is 5. The van der Waals surface area contributed by atoms with E-state index in [1.165, 1.54) is 12.8 Å². The van der Waals surface area contributed by atoms with Crippen LogP contribution in [0.1, 0.15) is 24.6 Å². The average Bonchev–Trinajstić information content (AvgIpc) is 3.01. The molecule has 20 heavy (non-hydrogen) atoms. The van der Waals surface area contributed by atoms with E-state index in [1.54, 1.807) is 11.0 Å². The SMILES string of the molecule is Cc1cccc(-n2ncnc2-c2cccn2C2CC2)n1. The van der Waals surface area contributed by atoms with Crippen molar-refractivity contribution in [3.63, 3.8) is 0 Å². The molecular weight excluding hydrogens is 250 g/mol. The van der Waals surface area contributed by atoms with Gasteiger partial charge in [0.2, 0.25) is 0 Å². The molecule has 0 saturated heterocycles. The van der Waals surface area contributed by atoms with E-state index in [-0.39, 0.29) is 0 Å². The molecule has 5 heteroatoms. The van der Waals surface area contributed by atoms with Gasteiger partial charge >= 0.3 is 0 Å². The van der Waals surface area contributed by atoms with E-state index in [2.05, 4.69) is 38.0 Å². The Hall–Kier alpha value is -2.43. The minimum absolute atomic E-state index is 0.621. The Labute approximate surface area is 116 Å². The van der Waals surface area contributed by atoms with Gasteiger partial charge in [0.05, 0.1) is 5.69 Å². The minimum atomic E-state index is 0.621. The topological polar surface area (TPSA) is 48.5 Å². The largest absolute Gasteiger partial charge is 0.342 e. The van der Waals surface area contributed by atoms with Crippen LogP contribution in [0, 0.1) is 6.92 Å². The van der Waals surface area contributed by atoms with E-state index in [0.717, 1.165) is 23.0 Å². The summed E-state index contributed by atoms with van der Waals surface area (Å²) in [4.78, 5) is 8.95. The quantitative estimate of drug-likeness (QED) is 0.731. The summed E-state index contributed by atoms with van der Waals surface area (Å²) >= 11 is 0. The van der Waals surface area contributed by atoms with Gasteiger partial charge < -0.3 is 4.57 Å². The third-order valence-electron chi connectivity index (χ3n) is 3.59. The van der Waals surface area contributed by atoms with Crippen molar-refractivity contribution in [2.75, 3.05) is 0 Å². The second-order valence-corrected chi connectivity index (χ2v) is 5.16. The highest BCUT2D eigenvalue weighted by atomic mass is 15.4. The van der Waals surface area contributed by atoms with Gasteiger partial charge in [0.25, 0.3) is 0 Å². The second-order valence-electron chi connectivity index (χ2n) is 5.16. The summed E-state index contributed by atoms with van der Waals surface area (Å²) in [5.74, 6) is 1.65. The van der Waals surface area contributed by atoms with Crippen LogP contribution in [0.15, 0.2) is 42.9 Å². The standard InChI is InChI=1S/C15H15N5/c1-11-4-2-6-14(18-11)20-15(16-10-17-20)13-5-3-9-19(13)12-7-8-12/h2-6,9-10,12H,7-8H2,1H3. The summed E-state index contributed by atoms with van der Waals surface area (Å²) in [6.07, 6.45) is 6.20. The van der Waals surface area contributed by atoms with Crippen LogP contribution in [0.25, 0.3) is 17.3 Å². The lowest BCUT2D eigenvalue weighted by atomic mass is 10.3. The molecule has 100 valence electrons. The van der Waals surface area contributed by atoms with Crippen molar-refractivity contribution in [3.8, 4) is 17.3 Å². The Morgan fingerprint density at radius 2 is 2.05 bits per heavy atom. The lowest BCUT2D eigenvalue weighted by Crippen LogP contribution is -2.05. The molecule has 4 rings (SSSR count). The van der Waals surface area contributed by atoms with Crippen molar-refractivity contribution >= 4 is 0 Å². The Kier molecular flexibility index (Phi) is 2.45. The number of aryl methyl sites for hydroxylation is 1. The molecular formula is C15H15N5. The molecule has 5 nitrogen and oxygen atoms in total. The predicted molar refractivity (Wildman–Crippen MR) is 75.6 cm³/mol. The summed E-state index contributed by atoms with van der Waals surface area (Å²) in [5, 5.41) is 4.33. The third-order valence-corrected chi connectivity index (χ3v) is 3.59. The zero-order valence-electron chi connectivity index (χ0n) is 11.3. The van der Waals surface area contributed by atoms with Gasteiger partial charge in [-0.25, -0.2) is 9.97 Å². The van der Waals surface area contributed by atoms with Crippen molar-refractivity contribution in [3.05, 3.63) is 48.5 Å². The van der Waals surface area contributed by atoms with Crippen LogP contribution in [-0.2, 0) is 0 Å². The van der Waals surface area contributed by atoms with Crippen LogP contribution in [0.4, 0.5) is 0 Å². The highest BCUT2D eigenvalue weighted by Crippen LogP contribution is 2.38. The van der Waals surface area contributed by atoms with Gasteiger partial charge in [0.15, 0.2) is 11.6 Å². The van der Waals surface area contributed by atoms with Gasteiger partial charge in [0, 0.05) is 17.9 Å². The Bertz CT molecular complexity index is 751. The fourth-order valence-electron chi connectivity index (χ4n) is 2.48. The zero-order valence-corrected chi connectivity index (χ0v) is 11.3. The first-order chi connectivity index (χ1) is 9.83. The molecule has 0 aliphatic heterocycles. The number of rotatable bonds is 3. The highest BCUT2D eigenvalue weighted by molar-refractivity contribution is 5.53. The second kappa shape index (κ2) is 4.30. The minimum Gasteiger partial charge on any atom is -0.342 e. The van der Waals surface area contributed by atoms with E-state index in [9.17, 15) is 0 Å². The number of hydrogen-bond donors (Lipinski definition) is 0. The predicted octanol–water partition coefficient (Wildman–Crippen LogP) is 2.77. The summed E-state index contributed by atoms with van der Waals surface area (Å²) in [6.45, 7) is 1.98. The van der Waals surface area contributed by atoms with Gasteiger partial charge in [0.1, 0.15) is 6.33 Å². The maximum absolute atomic E-state index is 4.53. The van der Waals surface area contributed by atoms with Crippen LogP contribution in [0.2, 0.25) is 0 Å². The molecule has 0 amide bonds. The van der Waals surface area contributed by atoms with E-state index < -0.39 is 0 Å². The average molecular weight is 265 g/mol. The molecule has 0 atom stereocenters. The molecule has 0 N–H and O–H groups in total. The summed E-state index contributed by atoms with van der Waals surface area (Å²) < 4.78 is 4.09. The maximum Gasteiger partial charge on any atom is 0.181 e. The molecule has 0 bridgehead atoms. The van der Waals surface area contributed by atoms with Crippen LogP contribution in [0.5, 0.6) is 0 Å². The molecule has 0 radical (unpaired) electrons. The molecule has 3 aromatic heterocycles. The molecule has 0 spiro atoms.